The molecule has 0 saturated heterocycles. The van der Waals surface area contributed by atoms with E-state index < -0.39 is 0 Å². The third-order valence-electron chi connectivity index (χ3n) is 2.96. The fourth-order valence-electron chi connectivity index (χ4n) is 1.99. The molecule has 1 atom stereocenters. The molecule has 2 rings (SSSR count). The first-order chi connectivity index (χ1) is 8.72. The van der Waals surface area contributed by atoms with Gasteiger partial charge in [-0.2, -0.15) is 5.10 Å². The van der Waals surface area contributed by atoms with Crippen LogP contribution in [-0.2, 0) is 13.5 Å². The molecular weight excluding hydrogens is 228 g/mol. The summed E-state index contributed by atoms with van der Waals surface area (Å²) >= 11 is 0. The lowest BCUT2D eigenvalue weighted by Crippen LogP contribution is -2.16. The molecule has 0 radical (unpaired) electrons. The van der Waals surface area contributed by atoms with Crippen molar-refractivity contribution in [1.29, 1.82) is 0 Å². The summed E-state index contributed by atoms with van der Waals surface area (Å²) in [5.74, 6) is 0.742. The molecule has 18 heavy (non-hydrogen) atoms. The molecule has 1 unspecified atom stereocenters. The molecule has 0 amide bonds. The molecule has 2 N–H and O–H groups in total. The molecule has 5 heteroatoms. The van der Waals surface area contributed by atoms with Gasteiger partial charge in [0.25, 0.3) is 0 Å². The Kier molecular flexibility index (Phi) is 3.94. The van der Waals surface area contributed by atoms with Crippen molar-refractivity contribution in [3.05, 3.63) is 42.0 Å². The third kappa shape index (κ3) is 2.68. The van der Waals surface area contributed by atoms with Crippen molar-refractivity contribution in [3.8, 4) is 5.75 Å². The summed E-state index contributed by atoms with van der Waals surface area (Å²) in [6.45, 7) is 0. The molecule has 0 bridgehead atoms. The van der Waals surface area contributed by atoms with Crippen LogP contribution in [0.2, 0.25) is 0 Å². The molecular formula is C13H18N4O. The number of pyridine rings is 1. The first-order valence-electron chi connectivity index (χ1n) is 5.93. The van der Waals surface area contributed by atoms with Crippen molar-refractivity contribution in [2.24, 2.45) is 12.8 Å². The van der Waals surface area contributed by atoms with Gasteiger partial charge in [-0.3, -0.25) is 9.67 Å². The summed E-state index contributed by atoms with van der Waals surface area (Å²) in [5, 5.41) is 4.16. The maximum Gasteiger partial charge on any atom is 0.161 e. The van der Waals surface area contributed by atoms with Crippen LogP contribution in [0.1, 0.15) is 23.9 Å². The smallest absolute Gasteiger partial charge is 0.161 e. The average Bonchev–Trinajstić information content (AvgIpc) is 2.78. The van der Waals surface area contributed by atoms with Crippen LogP contribution < -0.4 is 10.5 Å². The molecule has 5 nitrogen and oxygen atoms in total. The Labute approximate surface area is 107 Å². The van der Waals surface area contributed by atoms with Crippen LogP contribution in [0.25, 0.3) is 0 Å². The van der Waals surface area contributed by atoms with Crippen LogP contribution in [0.3, 0.4) is 0 Å². The minimum Gasteiger partial charge on any atom is -0.493 e. The zero-order valence-electron chi connectivity index (χ0n) is 10.7. The summed E-state index contributed by atoms with van der Waals surface area (Å²) in [5.41, 5.74) is 8.17. The Morgan fingerprint density at radius 3 is 2.94 bits per heavy atom. The highest BCUT2D eigenvalue weighted by molar-refractivity contribution is 5.28. The van der Waals surface area contributed by atoms with Gasteiger partial charge in [0.1, 0.15) is 0 Å². The Morgan fingerprint density at radius 1 is 1.44 bits per heavy atom. The molecule has 96 valence electrons. The lowest BCUT2D eigenvalue weighted by Gasteiger charge is -2.13. The molecule has 0 aliphatic rings. The van der Waals surface area contributed by atoms with Crippen LogP contribution in [0.5, 0.6) is 5.75 Å². The first kappa shape index (κ1) is 12.6. The van der Waals surface area contributed by atoms with Crippen molar-refractivity contribution in [3.63, 3.8) is 0 Å². The topological polar surface area (TPSA) is 66.0 Å². The van der Waals surface area contributed by atoms with Crippen LogP contribution in [0.4, 0.5) is 0 Å². The zero-order valence-corrected chi connectivity index (χ0v) is 10.7. The predicted octanol–water partition coefficient (Wildman–Crippen LogP) is 1.46. The quantitative estimate of drug-likeness (QED) is 0.867. The Balaban J connectivity index is 2.03. The minimum absolute atomic E-state index is 0.102. The minimum atomic E-state index is -0.102. The van der Waals surface area contributed by atoms with Crippen LogP contribution >= 0.6 is 0 Å². The molecule has 0 saturated carbocycles. The maximum atomic E-state index is 6.20. The molecule has 2 heterocycles. The van der Waals surface area contributed by atoms with Crippen molar-refractivity contribution in [1.82, 2.24) is 14.8 Å². The summed E-state index contributed by atoms with van der Waals surface area (Å²) in [4.78, 5) is 4.29. The average molecular weight is 246 g/mol. The van der Waals surface area contributed by atoms with E-state index in [2.05, 4.69) is 10.1 Å². The highest BCUT2D eigenvalue weighted by Crippen LogP contribution is 2.25. The number of nitrogens with two attached hydrogens (primary N) is 1. The van der Waals surface area contributed by atoms with Gasteiger partial charge in [0, 0.05) is 18.9 Å². The van der Waals surface area contributed by atoms with E-state index in [1.165, 1.54) is 0 Å². The third-order valence-corrected chi connectivity index (χ3v) is 2.96. The second-order valence-electron chi connectivity index (χ2n) is 4.19. The van der Waals surface area contributed by atoms with Gasteiger partial charge in [-0.15, -0.1) is 0 Å². The van der Waals surface area contributed by atoms with E-state index in [1.807, 2.05) is 25.2 Å². The van der Waals surface area contributed by atoms with Crippen molar-refractivity contribution in [2.45, 2.75) is 18.9 Å². The number of aryl methyl sites for hydroxylation is 2. The number of hydrogen-bond acceptors (Lipinski definition) is 4. The summed E-state index contributed by atoms with van der Waals surface area (Å²) in [7, 11) is 3.50. The molecule has 0 spiro atoms. The molecule has 2 aromatic rings. The highest BCUT2D eigenvalue weighted by atomic mass is 16.5. The largest absolute Gasteiger partial charge is 0.493 e. The molecule has 2 aromatic heterocycles. The monoisotopic (exact) mass is 246 g/mol. The number of ether oxygens (including phenoxy) is 1. The van der Waals surface area contributed by atoms with E-state index in [4.69, 9.17) is 10.5 Å². The lowest BCUT2D eigenvalue weighted by atomic mass is 10.1. The number of hydrogen-bond donors (Lipinski definition) is 1. The lowest BCUT2D eigenvalue weighted by molar-refractivity contribution is 0.401. The van der Waals surface area contributed by atoms with E-state index in [0.29, 0.717) is 0 Å². The van der Waals surface area contributed by atoms with E-state index in [1.54, 1.807) is 24.2 Å². The van der Waals surface area contributed by atoms with Gasteiger partial charge >= 0.3 is 0 Å². The van der Waals surface area contributed by atoms with E-state index in [0.717, 1.165) is 30.0 Å². The van der Waals surface area contributed by atoms with Crippen molar-refractivity contribution in [2.75, 3.05) is 7.11 Å². The molecule has 0 aromatic carbocycles. The van der Waals surface area contributed by atoms with Gasteiger partial charge in [-0.05, 0) is 25.0 Å². The summed E-state index contributed by atoms with van der Waals surface area (Å²) < 4.78 is 7.03. The number of methoxy groups -OCH3 is 1. The van der Waals surface area contributed by atoms with Crippen LogP contribution in [0, 0.1) is 0 Å². The van der Waals surface area contributed by atoms with Crippen LogP contribution in [-0.4, -0.2) is 21.9 Å². The SMILES string of the molecule is COc1cnn(C)c1C(N)CCc1ccccn1. The number of aromatic nitrogens is 3. The van der Waals surface area contributed by atoms with Crippen molar-refractivity contribution >= 4 is 0 Å². The van der Waals surface area contributed by atoms with Gasteiger partial charge in [0.15, 0.2) is 5.75 Å². The fraction of sp³-hybridized carbons (Fsp3) is 0.385. The van der Waals surface area contributed by atoms with Gasteiger partial charge in [-0.25, -0.2) is 0 Å². The van der Waals surface area contributed by atoms with E-state index in [9.17, 15) is 0 Å². The number of rotatable bonds is 5. The second-order valence-corrected chi connectivity index (χ2v) is 4.19. The fourth-order valence-corrected chi connectivity index (χ4v) is 1.99. The predicted molar refractivity (Wildman–Crippen MR) is 69.2 cm³/mol. The van der Waals surface area contributed by atoms with Gasteiger partial charge in [0.2, 0.25) is 0 Å². The normalized spacial score (nSPS) is 12.4. The van der Waals surface area contributed by atoms with Gasteiger partial charge in [-0.1, -0.05) is 6.07 Å². The molecule has 0 aliphatic carbocycles. The number of nitrogens with zero attached hydrogens (tertiary/aromatic N) is 3. The Morgan fingerprint density at radius 2 is 2.28 bits per heavy atom. The summed E-state index contributed by atoms with van der Waals surface area (Å²) in [6, 6.07) is 5.80. The molecule has 0 aliphatic heterocycles. The summed E-state index contributed by atoms with van der Waals surface area (Å²) in [6.07, 6.45) is 5.14. The first-order valence-corrected chi connectivity index (χ1v) is 5.93. The van der Waals surface area contributed by atoms with Crippen molar-refractivity contribution < 1.29 is 4.74 Å². The standard InChI is InChI=1S/C13H18N4O/c1-17-13(12(18-2)9-16-17)11(14)7-6-10-5-3-4-8-15-10/h3-5,8-9,11H,6-7,14H2,1-2H3. The van der Waals surface area contributed by atoms with E-state index in [-0.39, 0.29) is 6.04 Å². The molecule has 0 fully saturated rings. The highest BCUT2D eigenvalue weighted by Gasteiger charge is 2.16. The van der Waals surface area contributed by atoms with Crippen LogP contribution in [0.15, 0.2) is 30.6 Å². The van der Waals surface area contributed by atoms with Gasteiger partial charge in [0.05, 0.1) is 25.0 Å². The Bertz CT molecular complexity index is 495. The second kappa shape index (κ2) is 5.64. The zero-order chi connectivity index (χ0) is 13.0. The van der Waals surface area contributed by atoms with E-state index >= 15 is 0 Å². The Hall–Kier alpha value is -1.88. The maximum absolute atomic E-state index is 6.20. The van der Waals surface area contributed by atoms with Gasteiger partial charge < -0.3 is 10.5 Å².